The van der Waals surface area contributed by atoms with E-state index >= 15 is 0 Å². The topological polar surface area (TPSA) is 52.7 Å². The molecule has 2 aliphatic rings. The van der Waals surface area contributed by atoms with Gasteiger partial charge in [0.1, 0.15) is 0 Å². The van der Waals surface area contributed by atoms with E-state index in [1.54, 1.807) is 24.3 Å². The fraction of sp³-hybridized carbons (Fsp3) is 0.556. The van der Waals surface area contributed by atoms with E-state index in [4.69, 9.17) is 11.6 Å². The first kappa shape index (κ1) is 20.0. The molecule has 1 unspecified atom stereocenters. The highest BCUT2D eigenvalue weighted by Crippen LogP contribution is 2.20. The molecule has 0 spiro atoms. The molecular formula is C18H25Cl2N3O2. The van der Waals surface area contributed by atoms with Crippen LogP contribution in [0.4, 0.5) is 0 Å². The van der Waals surface area contributed by atoms with Crippen LogP contribution in [0.5, 0.6) is 0 Å². The Morgan fingerprint density at radius 2 is 1.84 bits per heavy atom. The minimum Gasteiger partial charge on any atom is -0.341 e. The number of carbonyl (C=O) groups is 2. The molecule has 5 nitrogen and oxygen atoms in total. The lowest BCUT2D eigenvalue weighted by Crippen LogP contribution is -2.51. The van der Waals surface area contributed by atoms with Crippen LogP contribution in [0, 0.1) is 11.8 Å². The summed E-state index contributed by atoms with van der Waals surface area (Å²) in [4.78, 5) is 29.0. The summed E-state index contributed by atoms with van der Waals surface area (Å²) in [6, 6.07) is 7.03. The Labute approximate surface area is 160 Å². The van der Waals surface area contributed by atoms with Crippen molar-refractivity contribution in [3.05, 3.63) is 34.9 Å². The summed E-state index contributed by atoms with van der Waals surface area (Å²) >= 11 is 5.98. The molecule has 0 aliphatic carbocycles. The first-order valence-corrected chi connectivity index (χ1v) is 8.98. The molecule has 0 radical (unpaired) electrons. The van der Waals surface area contributed by atoms with Gasteiger partial charge in [0.15, 0.2) is 0 Å². The zero-order chi connectivity index (χ0) is 17.1. The molecule has 2 fully saturated rings. The van der Waals surface area contributed by atoms with E-state index in [0.717, 1.165) is 26.1 Å². The molecule has 1 aromatic carbocycles. The van der Waals surface area contributed by atoms with Gasteiger partial charge in [-0.3, -0.25) is 9.59 Å². The van der Waals surface area contributed by atoms with Crippen LogP contribution in [-0.2, 0) is 4.79 Å². The molecule has 2 aliphatic heterocycles. The largest absolute Gasteiger partial charge is 0.341 e. The van der Waals surface area contributed by atoms with Gasteiger partial charge >= 0.3 is 0 Å². The summed E-state index contributed by atoms with van der Waals surface area (Å²) in [5.41, 5.74) is 0.608. The molecule has 1 N–H and O–H groups in total. The average molecular weight is 386 g/mol. The Balaban J connectivity index is 0.00000225. The first-order valence-electron chi connectivity index (χ1n) is 8.60. The second-order valence-electron chi connectivity index (χ2n) is 6.69. The van der Waals surface area contributed by atoms with E-state index in [1.807, 2.05) is 16.7 Å². The van der Waals surface area contributed by atoms with Crippen molar-refractivity contribution >= 4 is 35.8 Å². The summed E-state index contributed by atoms with van der Waals surface area (Å²) in [5.74, 6) is 0.716. The molecule has 2 saturated heterocycles. The third-order valence-corrected chi connectivity index (χ3v) is 5.31. The van der Waals surface area contributed by atoms with Gasteiger partial charge in [-0.2, -0.15) is 0 Å². The molecule has 2 amide bonds. The molecule has 2 heterocycles. The van der Waals surface area contributed by atoms with Crippen molar-refractivity contribution in [3.63, 3.8) is 0 Å². The molecule has 1 atom stereocenters. The normalized spacial score (nSPS) is 19.4. The number of carbonyl (C=O) groups excluding carboxylic acids is 2. The van der Waals surface area contributed by atoms with E-state index in [1.165, 1.54) is 0 Å². The van der Waals surface area contributed by atoms with Crippen LogP contribution in [0.1, 0.15) is 23.7 Å². The fourth-order valence-corrected chi connectivity index (χ4v) is 3.49. The number of hydrogen-bond acceptors (Lipinski definition) is 3. The number of hydrogen-bond donors (Lipinski definition) is 1. The smallest absolute Gasteiger partial charge is 0.253 e. The summed E-state index contributed by atoms with van der Waals surface area (Å²) in [5, 5.41) is 3.79. The van der Waals surface area contributed by atoms with Crippen molar-refractivity contribution in [2.75, 3.05) is 39.3 Å². The number of amides is 2. The van der Waals surface area contributed by atoms with Crippen LogP contribution < -0.4 is 5.32 Å². The van der Waals surface area contributed by atoms with E-state index in [0.29, 0.717) is 36.1 Å². The molecular weight excluding hydrogens is 361 g/mol. The van der Waals surface area contributed by atoms with Crippen molar-refractivity contribution in [1.82, 2.24) is 15.1 Å². The van der Waals surface area contributed by atoms with Gasteiger partial charge in [0.05, 0.1) is 0 Å². The lowest BCUT2D eigenvalue weighted by Gasteiger charge is -2.34. The average Bonchev–Trinajstić information content (AvgIpc) is 2.77. The quantitative estimate of drug-likeness (QED) is 0.868. The third kappa shape index (κ3) is 4.66. The molecule has 0 aromatic heterocycles. The number of halogens is 2. The number of nitrogens with zero attached hydrogens (tertiary/aromatic N) is 2. The van der Waals surface area contributed by atoms with Crippen LogP contribution >= 0.6 is 24.0 Å². The van der Waals surface area contributed by atoms with Gasteiger partial charge in [-0.1, -0.05) is 24.6 Å². The van der Waals surface area contributed by atoms with Crippen LogP contribution in [0.3, 0.4) is 0 Å². The maximum atomic E-state index is 12.7. The highest BCUT2D eigenvalue weighted by molar-refractivity contribution is 6.30. The van der Waals surface area contributed by atoms with Gasteiger partial charge in [0, 0.05) is 42.7 Å². The molecule has 25 heavy (non-hydrogen) atoms. The molecule has 3 rings (SSSR count). The summed E-state index contributed by atoms with van der Waals surface area (Å²) in [7, 11) is 0. The van der Waals surface area contributed by atoms with Crippen LogP contribution in [0.15, 0.2) is 24.3 Å². The molecule has 138 valence electrons. The third-order valence-electron chi connectivity index (χ3n) is 5.08. The lowest BCUT2D eigenvalue weighted by molar-refractivity contribution is -0.137. The van der Waals surface area contributed by atoms with E-state index in [2.05, 4.69) is 5.32 Å². The van der Waals surface area contributed by atoms with Gasteiger partial charge in [0.25, 0.3) is 5.91 Å². The number of benzene rings is 1. The van der Waals surface area contributed by atoms with E-state index < -0.39 is 0 Å². The van der Waals surface area contributed by atoms with Crippen LogP contribution in [0.2, 0.25) is 5.02 Å². The second-order valence-corrected chi connectivity index (χ2v) is 7.12. The van der Waals surface area contributed by atoms with Crippen molar-refractivity contribution in [1.29, 1.82) is 0 Å². The van der Waals surface area contributed by atoms with Gasteiger partial charge in [-0.25, -0.2) is 0 Å². The standard InChI is InChI=1S/C18H24ClN3O2.ClH/c1-13(15-11-20-12-15)17(23)21-6-3-7-22(9-8-21)18(24)14-4-2-5-16(19)10-14;/h2,4-5,10,13,15,20H,3,6-9,11-12H2,1H3;1H. The zero-order valence-corrected chi connectivity index (χ0v) is 16.0. The second kappa shape index (κ2) is 8.88. The Hall–Kier alpha value is -1.30. The molecule has 0 bridgehead atoms. The monoisotopic (exact) mass is 385 g/mol. The first-order chi connectivity index (χ1) is 11.6. The van der Waals surface area contributed by atoms with Crippen molar-refractivity contribution in [2.45, 2.75) is 13.3 Å². The van der Waals surface area contributed by atoms with Crippen molar-refractivity contribution in [3.8, 4) is 0 Å². The predicted octanol–water partition coefficient (Wildman–Crippen LogP) is 2.29. The van der Waals surface area contributed by atoms with Crippen molar-refractivity contribution < 1.29 is 9.59 Å². The van der Waals surface area contributed by atoms with Gasteiger partial charge in [-0.05, 0) is 43.6 Å². The lowest BCUT2D eigenvalue weighted by atomic mass is 9.88. The Kier molecular flexibility index (Phi) is 7.11. The number of nitrogens with one attached hydrogen (secondary N) is 1. The predicted molar refractivity (Wildman–Crippen MR) is 101 cm³/mol. The van der Waals surface area contributed by atoms with Gasteiger partial charge in [0.2, 0.25) is 5.91 Å². The minimum atomic E-state index is -0.0111. The summed E-state index contributed by atoms with van der Waals surface area (Å²) in [6.45, 7) is 6.47. The van der Waals surface area contributed by atoms with E-state index in [9.17, 15) is 9.59 Å². The highest BCUT2D eigenvalue weighted by atomic mass is 35.5. The fourth-order valence-electron chi connectivity index (χ4n) is 3.30. The number of rotatable bonds is 3. The van der Waals surface area contributed by atoms with Crippen LogP contribution in [-0.4, -0.2) is 60.9 Å². The van der Waals surface area contributed by atoms with Gasteiger partial charge in [-0.15, -0.1) is 12.4 Å². The summed E-state index contributed by atoms with van der Waals surface area (Å²) < 4.78 is 0. The van der Waals surface area contributed by atoms with Crippen LogP contribution in [0.25, 0.3) is 0 Å². The Bertz CT molecular complexity index is 622. The molecule has 7 heteroatoms. The zero-order valence-electron chi connectivity index (χ0n) is 14.4. The minimum absolute atomic E-state index is 0. The van der Waals surface area contributed by atoms with E-state index in [-0.39, 0.29) is 30.1 Å². The van der Waals surface area contributed by atoms with Gasteiger partial charge < -0.3 is 15.1 Å². The Morgan fingerprint density at radius 3 is 2.48 bits per heavy atom. The van der Waals surface area contributed by atoms with Crippen molar-refractivity contribution in [2.24, 2.45) is 11.8 Å². The Morgan fingerprint density at radius 1 is 1.16 bits per heavy atom. The maximum Gasteiger partial charge on any atom is 0.253 e. The highest BCUT2D eigenvalue weighted by Gasteiger charge is 2.32. The molecule has 0 saturated carbocycles. The molecule has 1 aromatic rings. The maximum absolute atomic E-state index is 12.7. The summed E-state index contributed by atoms with van der Waals surface area (Å²) in [6.07, 6.45) is 0.813. The SMILES string of the molecule is CC(C(=O)N1CCCN(C(=O)c2cccc(Cl)c2)CC1)C1CNC1.Cl.